The molecule has 1 saturated heterocycles. The maximum atomic E-state index is 13.2. The van der Waals surface area contributed by atoms with Gasteiger partial charge in [0.05, 0.1) is 10.5 Å². The number of hydrogen-bond donors (Lipinski definition) is 2. The summed E-state index contributed by atoms with van der Waals surface area (Å²) in [4.78, 5) is 17.4. The minimum absolute atomic E-state index is 0.163. The third-order valence-electron chi connectivity index (χ3n) is 5.10. The first-order valence-electron chi connectivity index (χ1n) is 9.98. The normalized spacial score (nSPS) is 15.5. The Morgan fingerprint density at radius 3 is 2.36 bits per heavy atom. The summed E-state index contributed by atoms with van der Waals surface area (Å²) in [5.41, 5.74) is -0.825. The molecule has 7 nitrogen and oxygen atoms in total. The Morgan fingerprint density at radius 1 is 1.09 bits per heavy atom. The molecule has 0 atom stereocenters. The van der Waals surface area contributed by atoms with Gasteiger partial charge in [-0.05, 0) is 43.2 Å². The summed E-state index contributed by atoms with van der Waals surface area (Å²) in [6, 6.07) is 4.27. The number of halogens is 5. The third-order valence-corrected chi connectivity index (χ3v) is 6.56. The van der Waals surface area contributed by atoms with Crippen LogP contribution in [-0.4, -0.2) is 45.0 Å². The van der Waals surface area contributed by atoms with Gasteiger partial charge >= 0.3 is 6.18 Å². The number of nitrogens with zero attached hydrogens (tertiary/aromatic N) is 2. The molecule has 0 bridgehead atoms. The molecule has 2 heterocycles. The molecule has 0 spiro atoms. The first-order chi connectivity index (χ1) is 15.5. The maximum absolute atomic E-state index is 13.2. The molecular weight excluding hydrogens is 471 g/mol. The van der Waals surface area contributed by atoms with Crippen LogP contribution in [0.25, 0.3) is 0 Å². The Bertz CT molecular complexity index is 1090. The van der Waals surface area contributed by atoms with Crippen LogP contribution in [-0.2, 0) is 21.0 Å². The van der Waals surface area contributed by atoms with Crippen LogP contribution in [0, 0.1) is 11.6 Å². The van der Waals surface area contributed by atoms with Gasteiger partial charge in [-0.3, -0.25) is 4.79 Å². The van der Waals surface area contributed by atoms with Crippen molar-refractivity contribution in [1.29, 1.82) is 0 Å². The fraction of sp³-hybridized carbons (Fsp3) is 0.400. The van der Waals surface area contributed by atoms with E-state index in [2.05, 4.69) is 15.0 Å². The largest absolute Gasteiger partial charge is 0.417 e. The monoisotopic (exact) mass is 492 g/mol. The highest BCUT2D eigenvalue weighted by molar-refractivity contribution is 7.89. The standard InChI is InChI=1S/C20H21F5N4O3S/c21-16-3-2-15(11-17(16)22)33(31,32)27-8-5-19(30)28-14-6-9-29(10-7-14)18-4-1-13(12-26-18)20(23,24)25/h1-4,11-12,14,27H,5-10H2,(H,28,30). The summed E-state index contributed by atoms with van der Waals surface area (Å²) in [5, 5.41) is 2.78. The van der Waals surface area contributed by atoms with Crippen molar-refractivity contribution in [2.24, 2.45) is 0 Å². The number of pyridine rings is 1. The fourth-order valence-electron chi connectivity index (χ4n) is 3.32. The minimum atomic E-state index is -4.45. The number of piperidine rings is 1. The molecule has 1 amide bonds. The fourth-order valence-corrected chi connectivity index (χ4v) is 4.36. The number of sulfonamides is 1. The van der Waals surface area contributed by atoms with E-state index in [0.29, 0.717) is 43.9 Å². The molecule has 3 rings (SSSR count). The first kappa shape index (κ1) is 24.8. The molecule has 1 aromatic carbocycles. The summed E-state index contributed by atoms with van der Waals surface area (Å²) in [6.07, 6.45) is -2.76. The van der Waals surface area contributed by atoms with Gasteiger partial charge in [-0.15, -0.1) is 0 Å². The van der Waals surface area contributed by atoms with E-state index in [1.807, 2.05) is 4.90 Å². The third kappa shape index (κ3) is 6.60. The lowest BCUT2D eigenvalue weighted by atomic mass is 10.0. The zero-order chi connectivity index (χ0) is 24.2. The number of nitrogens with one attached hydrogen (secondary N) is 2. The number of carbonyl (C=O) groups is 1. The second kappa shape index (κ2) is 10.00. The van der Waals surface area contributed by atoms with E-state index in [9.17, 15) is 35.2 Å². The molecule has 2 aromatic rings. The Labute approximate surface area is 187 Å². The number of aromatic nitrogens is 1. The highest BCUT2D eigenvalue weighted by atomic mass is 32.2. The van der Waals surface area contributed by atoms with Crippen LogP contribution in [0.3, 0.4) is 0 Å². The Morgan fingerprint density at radius 2 is 1.79 bits per heavy atom. The first-order valence-corrected chi connectivity index (χ1v) is 11.5. The molecule has 1 aromatic heterocycles. The number of amides is 1. The van der Waals surface area contributed by atoms with Gasteiger partial charge in [0, 0.05) is 38.3 Å². The molecule has 0 aliphatic carbocycles. The quantitative estimate of drug-likeness (QED) is 0.581. The SMILES string of the molecule is O=C(CCNS(=O)(=O)c1ccc(F)c(F)c1)NC1CCN(c2ccc(C(F)(F)F)cn2)CC1. The molecule has 0 radical (unpaired) electrons. The van der Waals surface area contributed by atoms with Gasteiger partial charge in [-0.1, -0.05) is 0 Å². The highest BCUT2D eigenvalue weighted by Crippen LogP contribution is 2.29. The maximum Gasteiger partial charge on any atom is 0.417 e. The van der Waals surface area contributed by atoms with Crippen molar-refractivity contribution in [2.45, 2.75) is 36.4 Å². The Kier molecular flexibility index (Phi) is 7.52. The van der Waals surface area contributed by atoms with Crippen molar-refractivity contribution < 1.29 is 35.2 Å². The molecule has 1 aliphatic rings. The number of alkyl halides is 3. The van der Waals surface area contributed by atoms with Gasteiger partial charge in [0.25, 0.3) is 0 Å². The zero-order valence-electron chi connectivity index (χ0n) is 17.2. The lowest BCUT2D eigenvalue weighted by Crippen LogP contribution is -2.45. The van der Waals surface area contributed by atoms with Crippen molar-refractivity contribution in [3.63, 3.8) is 0 Å². The van der Waals surface area contributed by atoms with Crippen LogP contribution in [0.15, 0.2) is 41.4 Å². The van der Waals surface area contributed by atoms with Crippen LogP contribution in [0.1, 0.15) is 24.8 Å². The molecule has 180 valence electrons. The number of carbonyl (C=O) groups excluding carboxylic acids is 1. The van der Waals surface area contributed by atoms with E-state index in [0.717, 1.165) is 18.3 Å². The van der Waals surface area contributed by atoms with Crippen molar-refractivity contribution in [1.82, 2.24) is 15.0 Å². The molecule has 1 aliphatic heterocycles. The van der Waals surface area contributed by atoms with E-state index < -0.39 is 44.2 Å². The average molecular weight is 492 g/mol. The smallest absolute Gasteiger partial charge is 0.356 e. The summed E-state index contributed by atoms with van der Waals surface area (Å²) >= 11 is 0. The summed E-state index contributed by atoms with van der Waals surface area (Å²) in [6.45, 7) is 0.722. The van der Waals surface area contributed by atoms with Gasteiger partial charge in [-0.2, -0.15) is 13.2 Å². The van der Waals surface area contributed by atoms with Crippen LogP contribution >= 0.6 is 0 Å². The molecule has 0 unspecified atom stereocenters. The second-order valence-electron chi connectivity index (χ2n) is 7.46. The van der Waals surface area contributed by atoms with Gasteiger partial charge in [0.1, 0.15) is 5.82 Å². The predicted octanol–water partition coefficient (Wildman–Crippen LogP) is 2.83. The molecular formula is C20H21F5N4O3S. The van der Waals surface area contributed by atoms with E-state index in [4.69, 9.17) is 0 Å². The van der Waals surface area contributed by atoms with E-state index in [1.54, 1.807) is 0 Å². The highest BCUT2D eigenvalue weighted by Gasteiger charge is 2.31. The van der Waals surface area contributed by atoms with Gasteiger partial charge in [0.2, 0.25) is 15.9 Å². The van der Waals surface area contributed by atoms with Crippen molar-refractivity contribution in [3.05, 3.63) is 53.7 Å². The van der Waals surface area contributed by atoms with Crippen LogP contribution < -0.4 is 14.9 Å². The number of rotatable bonds is 7. The second-order valence-corrected chi connectivity index (χ2v) is 9.22. The van der Waals surface area contributed by atoms with Crippen LogP contribution in [0.2, 0.25) is 0 Å². The lowest BCUT2D eigenvalue weighted by Gasteiger charge is -2.33. The van der Waals surface area contributed by atoms with Gasteiger partial charge in [-0.25, -0.2) is 26.9 Å². The number of hydrogen-bond acceptors (Lipinski definition) is 5. The van der Waals surface area contributed by atoms with Crippen molar-refractivity contribution in [2.75, 3.05) is 24.5 Å². The van der Waals surface area contributed by atoms with Crippen LogP contribution in [0.5, 0.6) is 0 Å². The minimum Gasteiger partial charge on any atom is -0.356 e. The summed E-state index contributed by atoms with van der Waals surface area (Å²) in [5.74, 6) is -2.45. The van der Waals surface area contributed by atoms with Crippen LogP contribution in [0.4, 0.5) is 27.8 Å². The predicted molar refractivity (Wildman–Crippen MR) is 109 cm³/mol. The molecule has 13 heteroatoms. The lowest BCUT2D eigenvalue weighted by molar-refractivity contribution is -0.137. The number of anilines is 1. The molecule has 0 saturated carbocycles. The Hall–Kier alpha value is -2.80. The molecule has 1 fully saturated rings. The van der Waals surface area contributed by atoms with E-state index in [1.165, 1.54) is 6.07 Å². The molecule has 2 N–H and O–H groups in total. The zero-order valence-corrected chi connectivity index (χ0v) is 18.0. The Balaban J connectivity index is 1.42. The van der Waals surface area contributed by atoms with E-state index in [-0.39, 0.29) is 19.0 Å². The summed E-state index contributed by atoms with van der Waals surface area (Å²) < 4.78 is 90.5. The summed E-state index contributed by atoms with van der Waals surface area (Å²) in [7, 11) is -4.10. The van der Waals surface area contributed by atoms with Gasteiger partial charge < -0.3 is 10.2 Å². The average Bonchev–Trinajstić information content (AvgIpc) is 2.75. The number of benzene rings is 1. The van der Waals surface area contributed by atoms with Crippen molar-refractivity contribution >= 4 is 21.7 Å². The molecule has 33 heavy (non-hydrogen) atoms. The topological polar surface area (TPSA) is 91.4 Å². The van der Waals surface area contributed by atoms with Crippen molar-refractivity contribution in [3.8, 4) is 0 Å². The van der Waals surface area contributed by atoms with Gasteiger partial charge in [0.15, 0.2) is 11.6 Å². The van der Waals surface area contributed by atoms with E-state index >= 15 is 0 Å².